The molecule has 3 nitrogen and oxygen atoms in total. The fourth-order valence-corrected chi connectivity index (χ4v) is 3.00. The van der Waals surface area contributed by atoms with Gasteiger partial charge in [0.25, 0.3) is 0 Å². The van der Waals surface area contributed by atoms with Crippen LogP contribution in [-0.4, -0.2) is 9.97 Å². The van der Waals surface area contributed by atoms with Gasteiger partial charge >= 0.3 is 0 Å². The third kappa shape index (κ3) is 2.42. The monoisotopic (exact) mass is 281 g/mol. The lowest BCUT2D eigenvalue weighted by molar-refractivity contribution is 1.21. The van der Waals surface area contributed by atoms with Gasteiger partial charge in [-0.15, -0.1) is 11.3 Å². The maximum absolute atomic E-state index is 5.71. The van der Waals surface area contributed by atoms with Crippen LogP contribution in [0.15, 0.2) is 41.9 Å². The molecule has 0 aliphatic heterocycles. The molecule has 20 heavy (non-hydrogen) atoms. The lowest BCUT2D eigenvalue weighted by Gasteiger charge is -2.02. The van der Waals surface area contributed by atoms with E-state index in [0.717, 1.165) is 33.2 Å². The summed E-state index contributed by atoms with van der Waals surface area (Å²) in [5, 5.41) is 3.01. The van der Waals surface area contributed by atoms with Crippen molar-refractivity contribution >= 4 is 17.0 Å². The number of nitrogens with two attached hydrogens (primary N) is 1. The molecule has 0 amide bonds. The molecular formula is C16H15N3S. The van der Waals surface area contributed by atoms with E-state index in [9.17, 15) is 0 Å². The van der Waals surface area contributed by atoms with Crippen molar-refractivity contribution in [1.82, 2.24) is 9.97 Å². The maximum atomic E-state index is 5.71. The highest BCUT2D eigenvalue weighted by Gasteiger charge is 2.10. The smallest absolute Gasteiger partial charge is 0.142 e. The molecule has 4 heteroatoms. The molecule has 0 aliphatic rings. The second kappa shape index (κ2) is 5.06. The average Bonchev–Trinajstić information content (AvgIpc) is 2.89. The molecule has 0 fully saturated rings. The van der Waals surface area contributed by atoms with Crippen molar-refractivity contribution in [2.24, 2.45) is 0 Å². The lowest BCUT2D eigenvalue weighted by Crippen LogP contribution is -1.89. The molecule has 0 atom stereocenters. The molecule has 2 heterocycles. The Bertz CT molecular complexity index is 745. The summed E-state index contributed by atoms with van der Waals surface area (Å²) in [5.74, 6) is 0. The van der Waals surface area contributed by atoms with E-state index in [4.69, 9.17) is 5.73 Å². The van der Waals surface area contributed by atoms with Crippen molar-refractivity contribution in [3.63, 3.8) is 0 Å². The summed E-state index contributed by atoms with van der Waals surface area (Å²) < 4.78 is 0. The van der Waals surface area contributed by atoms with Crippen LogP contribution in [0.2, 0.25) is 0 Å². The van der Waals surface area contributed by atoms with Gasteiger partial charge in [-0.25, -0.2) is 4.98 Å². The van der Waals surface area contributed by atoms with Crippen LogP contribution in [0.4, 0.5) is 5.69 Å². The summed E-state index contributed by atoms with van der Waals surface area (Å²) in [6.07, 6.45) is 1.88. The fourth-order valence-electron chi connectivity index (χ4n) is 2.11. The van der Waals surface area contributed by atoms with E-state index in [-0.39, 0.29) is 0 Å². The topological polar surface area (TPSA) is 51.8 Å². The molecule has 0 spiro atoms. The van der Waals surface area contributed by atoms with Crippen LogP contribution in [0.25, 0.3) is 22.0 Å². The van der Waals surface area contributed by atoms with E-state index in [1.807, 2.05) is 37.4 Å². The molecule has 1 aromatic carbocycles. The first-order chi connectivity index (χ1) is 9.63. The minimum Gasteiger partial charge on any atom is -0.399 e. The maximum Gasteiger partial charge on any atom is 0.142 e. The average molecular weight is 281 g/mol. The van der Waals surface area contributed by atoms with Gasteiger partial charge in [0.05, 0.1) is 5.69 Å². The number of hydrogen-bond donors (Lipinski definition) is 1. The van der Waals surface area contributed by atoms with Gasteiger partial charge in [-0.05, 0) is 37.1 Å². The number of aryl methyl sites for hydroxylation is 2. The largest absolute Gasteiger partial charge is 0.399 e. The Morgan fingerprint density at radius 2 is 1.85 bits per heavy atom. The summed E-state index contributed by atoms with van der Waals surface area (Å²) in [7, 11) is 0. The number of nitrogen functional groups attached to an aromatic ring is 1. The summed E-state index contributed by atoms with van der Waals surface area (Å²) in [5.41, 5.74) is 11.8. The number of anilines is 1. The number of hydrogen-bond acceptors (Lipinski definition) is 4. The number of pyridine rings is 1. The molecule has 3 aromatic rings. The number of rotatable bonds is 2. The Balaban J connectivity index is 1.99. The quantitative estimate of drug-likeness (QED) is 0.720. The van der Waals surface area contributed by atoms with Gasteiger partial charge in [-0.3, -0.25) is 4.98 Å². The van der Waals surface area contributed by atoms with Crippen LogP contribution in [0.3, 0.4) is 0 Å². The predicted molar refractivity (Wildman–Crippen MR) is 84.7 cm³/mol. The molecule has 100 valence electrons. The van der Waals surface area contributed by atoms with Gasteiger partial charge in [0, 0.05) is 22.8 Å². The summed E-state index contributed by atoms with van der Waals surface area (Å²) >= 11 is 1.62. The third-order valence-electron chi connectivity index (χ3n) is 3.13. The third-order valence-corrected chi connectivity index (χ3v) is 3.98. The zero-order valence-electron chi connectivity index (χ0n) is 11.4. The molecule has 0 radical (unpaired) electrons. The Morgan fingerprint density at radius 3 is 2.55 bits per heavy atom. The first-order valence-corrected chi connectivity index (χ1v) is 7.26. The van der Waals surface area contributed by atoms with E-state index in [1.165, 1.54) is 5.56 Å². The van der Waals surface area contributed by atoms with Gasteiger partial charge in [0.2, 0.25) is 0 Å². The minimum absolute atomic E-state index is 0.764. The second-order valence-corrected chi connectivity index (χ2v) is 5.70. The molecule has 3 rings (SSSR count). The molecule has 0 aliphatic carbocycles. The van der Waals surface area contributed by atoms with Crippen molar-refractivity contribution in [2.75, 3.05) is 5.73 Å². The van der Waals surface area contributed by atoms with Gasteiger partial charge in [0.15, 0.2) is 0 Å². The van der Waals surface area contributed by atoms with Gasteiger partial charge in [0.1, 0.15) is 10.7 Å². The van der Waals surface area contributed by atoms with E-state index < -0.39 is 0 Å². The van der Waals surface area contributed by atoms with Gasteiger partial charge < -0.3 is 5.73 Å². The van der Waals surface area contributed by atoms with Gasteiger partial charge in [-0.2, -0.15) is 0 Å². The molecule has 2 N–H and O–H groups in total. The Labute approximate surface area is 122 Å². The Kier molecular flexibility index (Phi) is 3.24. The number of nitrogens with zero attached hydrogens (tertiary/aromatic N) is 2. The highest BCUT2D eigenvalue weighted by atomic mass is 32.1. The molecule has 0 saturated heterocycles. The molecule has 0 unspecified atom stereocenters. The highest BCUT2D eigenvalue weighted by Crippen LogP contribution is 2.29. The lowest BCUT2D eigenvalue weighted by atomic mass is 10.1. The van der Waals surface area contributed by atoms with Crippen LogP contribution in [-0.2, 0) is 0 Å². The Morgan fingerprint density at radius 1 is 1.10 bits per heavy atom. The van der Waals surface area contributed by atoms with Gasteiger partial charge in [-0.1, -0.05) is 18.2 Å². The standard InChI is InChI=1S/C16H15N3S/c1-10-7-11(2)15(18-8-10)16-19-14(9-20-16)12-3-5-13(17)6-4-12/h3-9H,17H2,1-2H3. The van der Waals surface area contributed by atoms with E-state index in [0.29, 0.717) is 0 Å². The van der Waals surface area contributed by atoms with E-state index in [1.54, 1.807) is 11.3 Å². The van der Waals surface area contributed by atoms with Crippen molar-refractivity contribution in [2.45, 2.75) is 13.8 Å². The van der Waals surface area contributed by atoms with Crippen LogP contribution >= 0.6 is 11.3 Å². The summed E-state index contributed by atoms with van der Waals surface area (Å²) in [6.45, 7) is 4.12. The highest BCUT2D eigenvalue weighted by molar-refractivity contribution is 7.13. The van der Waals surface area contributed by atoms with Crippen molar-refractivity contribution in [3.8, 4) is 22.0 Å². The molecule has 2 aromatic heterocycles. The fraction of sp³-hybridized carbons (Fsp3) is 0.125. The zero-order valence-corrected chi connectivity index (χ0v) is 12.2. The molecular weight excluding hydrogens is 266 g/mol. The van der Waals surface area contributed by atoms with Crippen LogP contribution in [0, 0.1) is 13.8 Å². The first kappa shape index (κ1) is 12.8. The number of benzene rings is 1. The van der Waals surface area contributed by atoms with Crippen molar-refractivity contribution in [1.29, 1.82) is 0 Å². The Hall–Kier alpha value is -2.20. The first-order valence-electron chi connectivity index (χ1n) is 6.38. The van der Waals surface area contributed by atoms with Crippen molar-refractivity contribution in [3.05, 3.63) is 53.0 Å². The van der Waals surface area contributed by atoms with E-state index in [2.05, 4.69) is 28.3 Å². The summed E-state index contributed by atoms with van der Waals surface area (Å²) in [4.78, 5) is 9.18. The van der Waals surface area contributed by atoms with Crippen LogP contribution in [0.1, 0.15) is 11.1 Å². The minimum atomic E-state index is 0.764. The molecule has 0 saturated carbocycles. The van der Waals surface area contributed by atoms with Crippen LogP contribution < -0.4 is 5.73 Å². The SMILES string of the molecule is Cc1cnc(-c2nc(-c3ccc(N)cc3)cs2)c(C)c1. The number of aromatic nitrogens is 2. The van der Waals surface area contributed by atoms with E-state index >= 15 is 0 Å². The summed E-state index contributed by atoms with van der Waals surface area (Å²) in [6, 6.07) is 9.90. The number of thiazole rings is 1. The second-order valence-electron chi connectivity index (χ2n) is 4.84. The van der Waals surface area contributed by atoms with Crippen LogP contribution in [0.5, 0.6) is 0 Å². The predicted octanol–water partition coefficient (Wildman–Crippen LogP) is 4.07. The van der Waals surface area contributed by atoms with Crippen molar-refractivity contribution < 1.29 is 0 Å². The normalized spacial score (nSPS) is 10.7. The molecule has 0 bridgehead atoms. The zero-order chi connectivity index (χ0) is 14.1.